The molecule has 0 radical (unpaired) electrons. The quantitative estimate of drug-likeness (QED) is 0.381. The Labute approximate surface area is 171 Å². The van der Waals surface area contributed by atoms with E-state index in [2.05, 4.69) is 21.2 Å². The van der Waals surface area contributed by atoms with Crippen molar-refractivity contribution >= 4 is 51.0 Å². The molecular weight excluding hydrogens is 430 g/mol. The number of benzene rings is 2. The molecule has 0 aliphatic carbocycles. The first-order chi connectivity index (χ1) is 12.8. The average molecular weight is 450 g/mol. The molecule has 0 unspecified atom stereocenters. The third kappa shape index (κ3) is 6.52. The zero-order valence-electron chi connectivity index (χ0n) is 15.3. The Balaban J connectivity index is 1.81. The molecule has 0 heterocycles. The molecular formula is C20H20BrNO4S. The van der Waals surface area contributed by atoms with Crippen molar-refractivity contribution in [1.29, 1.82) is 0 Å². The summed E-state index contributed by atoms with van der Waals surface area (Å²) in [5.41, 5.74) is 3.14. The van der Waals surface area contributed by atoms with Crippen LogP contribution in [0, 0.1) is 13.8 Å². The van der Waals surface area contributed by atoms with Crippen LogP contribution in [0.4, 0.5) is 5.69 Å². The fourth-order valence-electron chi connectivity index (χ4n) is 2.25. The molecule has 2 aromatic carbocycles. The molecule has 0 bridgehead atoms. The lowest BCUT2D eigenvalue weighted by Gasteiger charge is -2.09. The van der Waals surface area contributed by atoms with E-state index in [1.54, 1.807) is 24.3 Å². The summed E-state index contributed by atoms with van der Waals surface area (Å²) in [7, 11) is 0. The van der Waals surface area contributed by atoms with Crippen LogP contribution < -0.4 is 5.32 Å². The number of esters is 1. The number of hydrogen-bond acceptors (Lipinski definition) is 5. The predicted octanol–water partition coefficient (Wildman–Crippen LogP) is 4.54. The largest absolute Gasteiger partial charge is 0.455 e. The van der Waals surface area contributed by atoms with E-state index in [0.29, 0.717) is 11.3 Å². The van der Waals surface area contributed by atoms with Gasteiger partial charge in [-0.05, 0) is 56.2 Å². The van der Waals surface area contributed by atoms with Crippen LogP contribution >= 0.6 is 27.7 Å². The fourth-order valence-corrected chi connectivity index (χ4v) is 3.61. The molecule has 27 heavy (non-hydrogen) atoms. The summed E-state index contributed by atoms with van der Waals surface area (Å²) < 4.78 is 6.05. The van der Waals surface area contributed by atoms with E-state index in [-0.39, 0.29) is 18.1 Å². The molecule has 5 nitrogen and oxygen atoms in total. The van der Waals surface area contributed by atoms with Gasteiger partial charge in [0.15, 0.2) is 12.4 Å². The zero-order valence-corrected chi connectivity index (χ0v) is 17.7. The Bertz CT molecular complexity index is 882. The Morgan fingerprint density at radius 3 is 2.56 bits per heavy atom. The topological polar surface area (TPSA) is 72.5 Å². The number of carbonyl (C=O) groups excluding carboxylic acids is 3. The minimum atomic E-state index is -0.465. The van der Waals surface area contributed by atoms with Gasteiger partial charge in [0.1, 0.15) is 0 Å². The third-order valence-electron chi connectivity index (χ3n) is 3.72. The minimum absolute atomic E-state index is 0.0898. The van der Waals surface area contributed by atoms with Gasteiger partial charge in [-0.2, -0.15) is 0 Å². The van der Waals surface area contributed by atoms with Crippen molar-refractivity contribution < 1.29 is 19.1 Å². The number of Topliss-reactive ketones (excluding diaryl/α,β-unsaturated/α-hetero) is 1. The number of hydrogen-bond donors (Lipinski definition) is 1. The molecule has 2 rings (SSSR count). The van der Waals surface area contributed by atoms with Gasteiger partial charge in [-0.25, -0.2) is 0 Å². The SMILES string of the molecule is CC(=O)c1cccc(NC(=O)COC(=O)CSc2cc(C)c(Br)cc2C)c1. The molecule has 2 aromatic rings. The third-order valence-corrected chi connectivity index (χ3v) is 5.70. The van der Waals surface area contributed by atoms with Gasteiger partial charge < -0.3 is 10.1 Å². The van der Waals surface area contributed by atoms with Crippen LogP contribution in [0.15, 0.2) is 45.8 Å². The molecule has 1 N–H and O–H groups in total. The van der Waals surface area contributed by atoms with E-state index < -0.39 is 11.9 Å². The maximum atomic E-state index is 11.9. The monoisotopic (exact) mass is 449 g/mol. The van der Waals surface area contributed by atoms with Gasteiger partial charge in [0.25, 0.3) is 5.91 Å². The highest BCUT2D eigenvalue weighted by atomic mass is 79.9. The van der Waals surface area contributed by atoms with Crippen LogP contribution in [0.2, 0.25) is 0 Å². The molecule has 142 valence electrons. The second-order valence-electron chi connectivity index (χ2n) is 6.00. The Hall–Kier alpha value is -2.12. The number of halogens is 1. The van der Waals surface area contributed by atoms with E-state index in [9.17, 15) is 14.4 Å². The van der Waals surface area contributed by atoms with Gasteiger partial charge in [0.2, 0.25) is 0 Å². The molecule has 1 amide bonds. The predicted molar refractivity (Wildman–Crippen MR) is 110 cm³/mol. The van der Waals surface area contributed by atoms with E-state index in [4.69, 9.17) is 4.74 Å². The van der Waals surface area contributed by atoms with Crippen molar-refractivity contribution in [3.05, 3.63) is 57.6 Å². The molecule has 0 aliphatic rings. The van der Waals surface area contributed by atoms with Crippen molar-refractivity contribution in [2.75, 3.05) is 17.7 Å². The van der Waals surface area contributed by atoms with Gasteiger partial charge in [0.05, 0.1) is 5.75 Å². The Morgan fingerprint density at radius 2 is 1.85 bits per heavy atom. The van der Waals surface area contributed by atoms with E-state index in [0.717, 1.165) is 20.5 Å². The van der Waals surface area contributed by atoms with Crippen molar-refractivity contribution in [3.63, 3.8) is 0 Å². The molecule has 7 heteroatoms. The summed E-state index contributed by atoms with van der Waals surface area (Å²) in [6.07, 6.45) is 0. The van der Waals surface area contributed by atoms with Crippen LogP contribution in [0.25, 0.3) is 0 Å². The number of thioether (sulfide) groups is 1. The van der Waals surface area contributed by atoms with E-state index in [1.807, 2.05) is 26.0 Å². The van der Waals surface area contributed by atoms with Crippen LogP contribution in [-0.4, -0.2) is 30.0 Å². The number of anilines is 1. The first-order valence-corrected chi connectivity index (χ1v) is 10.00. The summed E-state index contributed by atoms with van der Waals surface area (Å²) in [6.45, 7) is 5.04. The summed E-state index contributed by atoms with van der Waals surface area (Å²) >= 11 is 4.85. The highest BCUT2D eigenvalue weighted by molar-refractivity contribution is 9.10. The van der Waals surface area contributed by atoms with Gasteiger partial charge >= 0.3 is 5.97 Å². The molecule has 0 aliphatic heterocycles. The molecule has 0 saturated heterocycles. The zero-order chi connectivity index (χ0) is 20.0. The van der Waals surface area contributed by atoms with Crippen LogP contribution in [0.5, 0.6) is 0 Å². The lowest BCUT2D eigenvalue weighted by Crippen LogP contribution is -2.21. The molecule has 0 aromatic heterocycles. The first-order valence-electron chi connectivity index (χ1n) is 8.22. The Morgan fingerprint density at radius 1 is 1.11 bits per heavy atom. The number of aryl methyl sites for hydroxylation is 2. The Kier molecular flexibility index (Phi) is 7.62. The standard InChI is InChI=1S/C20H20BrNO4S/c1-12-8-18(13(2)7-17(12)21)27-11-20(25)26-10-19(24)22-16-6-4-5-15(9-16)14(3)23/h4-9H,10-11H2,1-3H3,(H,22,24). The maximum Gasteiger partial charge on any atom is 0.316 e. The van der Waals surface area contributed by atoms with Crippen molar-refractivity contribution in [1.82, 2.24) is 0 Å². The number of amides is 1. The van der Waals surface area contributed by atoms with Crippen LogP contribution in [0.1, 0.15) is 28.4 Å². The normalized spacial score (nSPS) is 10.4. The van der Waals surface area contributed by atoms with Crippen molar-refractivity contribution in [2.45, 2.75) is 25.7 Å². The molecule has 0 saturated carbocycles. The van der Waals surface area contributed by atoms with Gasteiger partial charge in [-0.15, -0.1) is 11.8 Å². The molecule has 0 atom stereocenters. The smallest absolute Gasteiger partial charge is 0.316 e. The molecule has 0 spiro atoms. The van der Waals surface area contributed by atoms with Crippen molar-refractivity contribution in [3.8, 4) is 0 Å². The maximum absolute atomic E-state index is 11.9. The van der Waals surface area contributed by atoms with Crippen LogP contribution in [0.3, 0.4) is 0 Å². The van der Waals surface area contributed by atoms with Crippen molar-refractivity contribution in [2.24, 2.45) is 0 Å². The van der Waals surface area contributed by atoms with E-state index >= 15 is 0 Å². The number of rotatable bonds is 7. The number of ether oxygens (including phenoxy) is 1. The lowest BCUT2D eigenvalue weighted by atomic mass is 10.1. The summed E-state index contributed by atoms with van der Waals surface area (Å²) in [6, 6.07) is 10.6. The van der Waals surface area contributed by atoms with E-state index in [1.165, 1.54) is 18.7 Å². The summed E-state index contributed by atoms with van der Waals surface area (Å²) in [5, 5.41) is 2.61. The number of ketones is 1. The first kappa shape index (κ1) is 21.2. The highest BCUT2D eigenvalue weighted by Crippen LogP contribution is 2.28. The second-order valence-corrected chi connectivity index (χ2v) is 7.87. The van der Waals surface area contributed by atoms with Gasteiger partial charge in [0, 0.05) is 20.6 Å². The van der Waals surface area contributed by atoms with Gasteiger partial charge in [-0.1, -0.05) is 28.1 Å². The lowest BCUT2D eigenvalue weighted by molar-refractivity contribution is -0.144. The van der Waals surface area contributed by atoms with Crippen LogP contribution in [-0.2, 0) is 14.3 Å². The fraction of sp³-hybridized carbons (Fsp3) is 0.250. The summed E-state index contributed by atoms with van der Waals surface area (Å²) in [5.74, 6) is -0.889. The number of nitrogens with one attached hydrogen (secondary N) is 1. The molecule has 0 fully saturated rings. The average Bonchev–Trinajstić information content (AvgIpc) is 2.62. The minimum Gasteiger partial charge on any atom is -0.455 e. The summed E-state index contributed by atoms with van der Waals surface area (Å²) in [4.78, 5) is 36.2. The highest BCUT2D eigenvalue weighted by Gasteiger charge is 2.11. The van der Waals surface area contributed by atoms with Gasteiger partial charge in [-0.3, -0.25) is 14.4 Å². The number of carbonyl (C=O) groups is 3. The second kappa shape index (κ2) is 9.71.